The lowest BCUT2D eigenvalue weighted by molar-refractivity contribution is -0.118. The molecule has 0 aliphatic carbocycles. The van der Waals surface area contributed by atoms with Gasteiger partial charge in [0.1, 0.15) is 0 Å². The molecule has 0 aromatic rings. The van der Waals surface area contributed by atoms with Gasteiger partial charge in [-0.2, -0.15) is 0 Å². The van der Waals surface area contributed by atoms with Crippen LogP contribution in [0.15, 0.2) is 0 Å². The Balaban J connectivity index is 4.98. The minimum absolute atomic E-state index is 0.200. The Labute approximate surface area is 167 Å². The third kappa shape index (κ3) is 8.56. The van der Waals surface area contributed by atoms with Crippen molar-refractivity contribution in [1.82, 2.24) is 10.6 Å². The molecule has 0 amide bonds. The van der Waals surface area contributed by atoms with Crippen molar-refractivity contribution in [3.63, 3.8) is 0 Å². The summed E-state index contributed by atoms with van der Waals surface area (Å²) < 4.78 is 59.1. The highest BCUT2D eigenvalue weighted by Gasteiger charge is 2.38. The molecule has 13 heteroatoms. The van der Waals surface area contributed by atoms with Gasteiger partial charge in [-0.1, -0.05) is 27.2 Å². The second-order valence-corrected chi connectivity index (χ2v) is 15.4. The fourth-order valence-electron chi connectivity index (χ4n) is 2.78. The molecular formula is C15H33N2O8PS2. The second-order valence-electron chi connectivity index (χ2n) is 7.80. The van der Waals surface area contributed by atoms with Crippen LogP contribution < -0.4 is 10.6 Å². The van der Waals surface area contributed by atoms with Crippen LogP contribution in [0.25, 0.3) is 0 Å². The lowest BCUT2D eigenvalue weighted by Crippen LogP contribution is -2.42. The fraction of sp³-hybridized carbons (Fsp3) is 0.933. The molecule has 0 bridgehead atoms. The maximum Gasteiger partial charge on any atom is 0.439 e. The minimum atomic E-state index is -5.28. The maximum atomic E-state index is 12.1. The molecule has 168 valence electrons. The number of unbranched alkanes of at least 4 members (excludes halogenated alkanes) is 1. The lowest BCUT2D eigenvalue weighted by Gasteiger charge is -2.27. The number of rotatable bonds is 12. The highest BCUT2D eigenvalue weighted by atomic mass is 32.8. The standard InChI is InChI=1S/C15H33N2O8PS2/c1-15(2,3)14(18)27(22,23)9-7-6-8-13(17-5)12(10-16-4)11-28(24,25)26(19,20)21/h12-13,16-17H,6-11H2,1-5H3,(H2,19,20,21). The number of hydrogen-bond acceptors (Lipinski definition) is 8. The van der Waals surface area contributed by atoms with Crippen molar-refractivity contribution in [1.29, 1.82) is 0 Å². The van der Waals surface area contributed by atoms with Crippen LogP contribution in [-0.4, -0.2) is 69.9 Å². The van der Waals surface area contributed by atoms with Crippen molar-refractivity contribution >= 4 is 31.2 Å². The molecule has 2 atom stereocenters. The van der Waals surface area contributed by atoms with Crippen molar-refractivity contribution in [3.8, 4) is 0 Å². The molecule has 0 spiro atoms. The molecule has 0 radical (unpaired) electrons. The third-order valence-electron chi connectivity index (χ3n) is 4.27. The fourth-order valence-corrected chi connectivity index (χ4v) is 6.72. The number of nitrogens with one attached hydrogen (secondary N) is 2. The summed E-state index contributed by atoms with van der Waals surface area (Å²) in [5.41, 5.74) is -0.985. The van der Waals surface area contributed by atoms with Crippen molar-refractivity contribution in [3.05, 3.63) is 0 Å². The Morgan fingerprint density at radius 1 is 1.07 bits per heavy atom. The maximum absolute atomic E-state index is 12.1. The van der Waals surface area contributed by atoms with Gasteiger partial charge in [0.15, 0.2) is 0 Å². The predicted molar refractivity (Wildman–Crippen MR) is 108 cm³/mol. The van der Waals surface area contributed by atoms with Gasteiger partial charge in [-0.3, -0.25) is 4.79 Å². The lowest BCUT2D eigenvalue weighted by atomic mass is 9.96. The zero-order chi connectivity index (χ0) is 22.4. The van der Waals surface area contributed by atoms with Gasteiger partial charge in [0.05, 0.1) is 11.5 Å². The first-order valence-corrected chi connectivity index (χ1v) is 14.4. The zero-order valence-corrected chi connectivity index (χ0v) is 19.5. The third-order valence-corrected chi connectivity index (χ3v) is 10.5. The largest absolute Gasteiger partial charge is 0.439 e. The quantitative estimate of drug-likeness (QED) is 0.229. The van der Waals surface area contributed by atoms with Crippen LogP contribution in [0.5, 0.6) is 0 Å². The van der Waals surface area contributed by atoms with E-state index in [1.807, 2.05) is 0 Å². The summed E-state index contributed by atoms with van der Waals surface area (Å²) in [5, 5.41) is 4.92. The first-order valence-electron chi connectivity index (χ1n) is 8.87. The summed E-state index contributed by atoms with van der Waals surface area (Å²) in [6, 6.07) is -0.408. The van der Waals surface area contributed by atoms with E-state index in [1.54, 1.807) is 14.1 Å². The van der Waals surface area contributed by atoms with Gasteiger partial charge in [0.25, 0.3) is 14.6 Å². The molecule has 0 rings (SSSR count). The molecule has 0 saturated carbocycles. The summed E-state index contributed by atoms with van der Waals surface area (Å²) in [6.07, 6.45) is 1.01. The Morgan fingerprint density at radius 2 is 1.61 bits per heavy atom. The molecule has 0 heterocycles. The Hall–Kier alpha value is -0.360. The monoisotopic (exact) mass is 464 g/mol. The predicted octanol–water partition coefficient (Wildman–Crippen LogP) is 0.0753. The van der Waals surface area contributed by atoms with Crippen LogP contribution in [0.1, 0.15) is 40.0 Å². The highest BCUT2D eigenvalue weighted by molar-refractivity contribution is 8.48. The number of sulfone groups is 1. The topological polar surface area (TPSA) is 167 Å². The van der Waals surface area contributed by atoms with E-state index in [9.17, 15) is 26.2 Å². The van der Waals surface area contributed by atoms with Crippen LogP contribution >= 0.6 is 6.80 Å². The Bertz CT molecular complexity index is 768. The van der Waals surface area contributed by atoms with Crippen LogP contribution in [0, 0.1) is 11.3 Å². The summed E-state index contributed by atoms with van der Waals surface area (Å²) in [6.45, 7) is -0.471. The molecule has 2 unspecified atom stereocenters. The molecule has 28 heavy (non-hydrogen) atoms. The van der Waals surface area contributed by atoms with E-state index in [0.717, 1.165) is 0 Å². The van der Waals surface area contributed by atoms with E-state index in [0.29, 0.717) is 12.8 Å². The minimum Gasteiger partial charge on any atom is -0.319 e. The van der Waals surface area contributed by atoms with Crippen molar-refractivity contribution in [2.75, 3.05) is 32.1 Å². The zero-order valence-electron chi connectivity index (χ0n) is 17.0. The SMILES string of the molecule is CNCC(CS(=O)(=O)P(=O)(O)O)C(CCCCS(=O)(=O)C(=O)C(C)(C)C)NC. The molecule has 0 aliphatic heterocycles. The second kappa shape index (κ2) is 10.6. The molecule has 10 nitrogen and oxygen atoms in total. The molecular weight excluding hydrogens is 431 g/mol. The number of carbonyl (C=O) groups excluding carboxylic acids is 1. The Morgan fingerprint density at radius 3 is 2.00 bits per heavy atom. The van der Waals surface area contributed by atoms with Crippen LogP contribution in [-0.2, 0) is 28.7 Å². The highest BCUT2D eigenvalue weighted by Crippen LogP contribution is 2.44. The molecule has 0 fully saturated rings. The smallest absolute Gasteiger partial charge is 0.319 e. The normalized spacial score (nSPS) is 16.0. The van der Waals surface area contributed by atoms with Crippen LogP contribution in [0.2, 0.25) is 0 Å². The van der Waals surface area contributed by atoms with Gasteiger partial charge in [0.2, 0.25) is 9.84 Å². The van der Waals surface area contributed by atoms with E-state index < -0.39 is 54.3 Å². The van der Waals surface area contributed by atoms with Crippen LogP contribution in [0.3, 0.4) is 0 Å². The Kier molecular flexibility index (Phi) is 10.5. The van der Waals surface area contributed by atoms with E-state index >= 15 is 0 Å². The summed E-state index contributed by atoms with van der Waals surface area (Å²) in [4.78, 5) is 30.0. The first-order chi connectivity index (χ1) is 12.5. The van der Waals surface area contributed by atoms with Gasteiger partial charge in [0, 0.05) is 23.9 Å². The van der Waals surface area contributed by atoms with E-state index in [4.69, 9.17) is 9.79 Å². The van der Waals surface area contributed by atoms with E-state index in [1.165, 1.54) is 20.8 Å². The summed E-state index contributed by atoms with van der Waals surface area (Å²) in [7, 11) is -5.30. The average molecular weight is 465 g/mol. The first kappa shape index (κ1) is 27.6. The van der Waals surface area contributed by atoms with Gasteiger partial charge < -0.3 is 20.4 Å². The van der Waals surface area contributed by atoms with E-state index in [-0.39, 0.29) is 18.7 Å². The van der Waals surface area contributed by atoms with Gasteiger partial charge >= 0.3 is 6.80 Å². The summed E-state index contributed by atoms with van der Waals surface area (Å²) in [5.74, 6) is -1.62. The van der Waals surface area contributed by atoms with E-state index in [2.05, 4.69) is 10.6 Å². The molecule has 4 N–H and O–H groups in total. The van der Waals surface area contributed by atoms with Crippen molar-refractivity contribution in [2.24, 2.45) is 11.3 Å². The van der Waals surface area contributed by atoms with Crippen molar-refractivity contribution < 1.29 is 36.0 Å². The summed E-state index contributed by atoms with van der Waals surface area (Å²) >= 11 is 0. The molecule has 0 aromatic heterocycles. The van der Waals surface area contributed by atoms with Gasteiger partial charge in [-0.15, -0.1) is 0 Å². The molecule has 0 aromatic carbocycles. The molecule has 0 saturated heterocycles. The molecule has 0 aliphatic rings. The van der Waals surface area contributed by atoms with Gasteiger partial charge in [-0.25, -0.2) is 21.4 Å². The van der Waals surface area contributed by atoms with Gasteiger partial charge in [-0.05, 0) is 26.9 Å². The van der Waals surface area contributed by atoms with Crippen LogP contribution in [0.4, 0.5) is 0 Å². The number of hydrogen-bond donors (Lipinski definition) is 4. The average Bonchev–Trinajstić information content (AvgIpc) is 2.51. The van der Waals surface area contributed by atoms with Crippen molar-refractivity contribution in [2.45, 2.75) is 46.1 Å². The number of carbonyl (C=O) groups is 1.